The Balaban J connectivity index is 0.00000144. The van der Waals surface area contributed by atoms with E-state index in [1.807, 2.05) is 18.3 Å². The average Bonchev–Trinajstić information content (AvgIpc) is 2.76. The Kier molecular flexibility index (Phi) is 5.66. The third kappa shape index (κ3) is 4.17. The molecule has 0 saturated carbocycles. The van der Waals surface area contributed by atoms with Gasteiger partial charge in [0, 0.05) is 22.1 Å². The Morgan fingerprint density at radius 3 is 2.88 bits per heavy atom. The normalized spacial score (nSPS) is 10.4. The van der Waals surface area contributed by atoms with E-state index in [4.69, 9.17) is 5.21 Å². The van der Waals surface area contributed by atoms with Crippen molar-refractivity contribution in [1.29, 1.82) is 0 Å². The summed E-state index contributed by atoms with van der Waals surface area (Å²) in [5.74, 6) is 0. The molecule has 2 aromatic rings. The summed E-state index contributed by atoms with van der Waals surface area (Å²) >= 11 is 1.65. The Morgan fingerprint density at radius 2 is 2.18 bits per heavy atom. The first-order valence-corrected chi connectivity index (χ1v) is 5.85. The third-order valence-corrected chi connectivity index (χ3v) is 3.33. The van der Waals surface area contributed by atoms with E-state index in [1.54, 1.807) is 17.5 Å². The molecule has 90 valence electrons. The zero-order valence-corrected chi connectivity index (χ0v) is 10.7. The number of aryl methyl sites for hydroxylation is 2. The summed E-state index contributed by atoms with van der Waals surface area (Å²) in [6.07, 6.45) is 7.12. The maximum atomic E-state index is 8.40. The molecular formula is C12H13ClN2OS. The van der Waals surface area contributed by atoms with E-state index < -0.39 is 0 Å². The molecule has 3 nitrogen and oxygen atoms in total. The van der Waals surface area contributed by atoms with Gasteiger partial charge in [-0.15, -0.1) is 23.7 Å². The predicted molar refractivity (Wildman–Crippen MR) is 72.6 cm³/mol. The number of nitrogens with zero attached hydrogens (tertiary/aromatic N) is 2. The van der Waals surface area contributed by atoms with Gasteiger partial charge in [0.2, 0.25) is 0 Å². The molecule has 0 aromatic carbocycles. The number of aromatic nitrogens is 1. The van der Waals surface area contributed by atoms with Crippen LogP contribution in [0, 0.1) is 0 Å². The number of hydrogen-bond donors (Lipinski definition) is 1. The van der Waals surface area contributed by atoms with E-state index in [2.05, 4.69) is 22.3 Å². The van der Waals surface area contributed by atoms with Crippen molar-refractivity contribution in [2.45, 2.75) is 12.8 Å². The van der Waals surface area contributed by atoms with Crippen molar-refractivity contribution in [3.05, 3.63) is 52.0 Å². The van der Waals surface area contributed by atoms with Gasteiger partial charge in [0.25, 0.3) is 0 Å². The summed E-state index contributed by atoms with van der Waals surface area (Å²) in [5, 5.41) is 11.4. The fourth-order valence-corrected chi connectivity index (χ4v) is 2.35. The van der Waals surface area contributed by atoms with Crippen LogP contribution in [0.5, 0.6) is 0 Å². The topological polar surface area (TPSA) is 45.5 Å². The lowest BCUT2D eigenvalue weighted by atomic mass is 10.1. The molecule has 2 rings (SSSR count). The van der Waals surface area contributed by atoms with E-state index >= 15 is 0 Å². The standard InChI is InChI=1S/C12H12N2OS.ClH/c15-14-9-12-6-5-11(16-12)4-3-10-2-1-7-13-8-10;/h1-2,5-9,15H,3-4H2;1H/b14-9-;. The van der Waals surface area contributed by atoms with Crippen molar-refractivity contribution in [1.82, 2.24) is 4.98 Å². The Labute approximate surface area is 110 Å². The highest BCUT2D eigenvalue weighted by molar-refractivity contribution is 7.13. The van der Waals surface area contributed by atoms with Gasteiger partial charge in [0.05, 0.1) is 6.21 Å². The van der Waals surface area contributed by atoms with Crippen LogP contribution in [0.2, 0.25) is 0 Å². The molecular weight excluding hydrogens is 256 g/mol. The van der Waals surface area contributed by atoms with Gasteiger partial charge in [-0.3, -0.25) is 4.98 Å². The van der Waals surface area contributed by atoms with Crippen LogP contribution in [-0.2, 0) is 12.8 Å². The number of rotatable bonds is 4. The number of hydrogen-bond acceptors (Lipinski definition) is 4. The minimum Gasteiger partial charge on any atom is -0.411 e. The van der Waals surface area contributed by atoms with Crippen LogP contribution < -0.4 is 0 Å². The van der Waals surface area contributed by atoms with E-state index in [0.717, 1.165) is 17.7 Å². The Morgan fingerprint density at radius 1 is 1.29 bits per heavy atom. The third-order valence-electron chi connectivity index (χ3n) is 2.25. The second kappa shape index (κ2) is 7.04. The van der Waals surface area contributed by atoms with Crippen LogP contribution in [0.3, 0.4) is 0 Å². The molecule has 0 fully saturated rings. The largest absolute Gasteiger partial charge is 0.411 e. The zero-order chi connectivity index (χ0) is 11.2. The molecule has 5 heteroatoms. The van der Waals surface area contributed by atoms with E-state index in [-0.39, 0.29) is 12.4 Å². The molecule has 0 aliphatic carbocycles. The molecule has 0 aliphatic heterocycles. The van der Waals surface area contributed by atoms with Gasteiger partial charge < -0.3 is 5.21 Å². The van der Waals surface area contributed by atoms with Crippen LogP contribution in [-0.4, -0.2) is 16.4 Å². The Hall–Kier alpha value is -1.39. The van der Waals surface area contributed by atoms with Crippen LogP contribution in [0.4, 0.5) is 0 Å². The first-order valence-electron chi connectivity index (χ1n) is 5.03. The smallest absolute Gasteiger partial charge is 0.0833 e. The summed E-state index contributed by atoms with van der Waals surface area (Å²) in [6, 6.07) is 8.06. The maximum Gasteiger partial charge on any atom is 0.0833 e. The van der Waals surface area contributed by atoms with Gasteiger partial charge in [-0.1, -0.05) is 11.2 Å². The first-order chi connectivity index (χ1) is 7.88. The summed E-state index contributed by atoms with van der Waals surface area (Å²) < 4.78 is 0. The Bertz CT molecular complexity index is 470. The summed E-state index contributed by atoms with van der Waals surface area (Å²) in [7, 11) is 0. The summed E-state index contributed by atoms with van der Waals surface area (Å²) in [5.41, 5.74) is 1.24. The van der Waals surface area contributed by atoms with Gasteiger partial charge in [-0.25, -0.2) is 0 Å². The summed E-state index contributed by atoms with van der Waals surface area (Å²) in [6.45, 7) is 0. The number of oxime groups is 1. The van der Waals surface area contributed by atoms with Crippen LogP contribution in [0.25, 0.3) is 0 Å². The van der Waals surface area contributed by atoms with Gasteiger partial charge in [0.15, 0.2) is 0 Å². The molecule has 17 heavy (non-hydrogen) atoms. The molecule has 2 aromatic heterocycles. The molecule has 0 bridgehead atoms. The summed E-state index contributed by atoms with van der Waals surface area (Å²) in [4.78, 5) is 6.35. The SMILES string of the molecule is Cl.O/N=C\c1ccc(CCc2cccnc2)s1. The lowest BCUT2D eigenvalue weighted by molar-refractivity contribution is 0.322. The molecule has 0 aliphatic rings. The lowest BCUT2D eigenvalue weighted by Crippen LogP contribution is -1.88. The minimum absolute atomic E-state index is 0. The minimum atomic E-state index is 0. The molecule has 0 unspecified atom stereocenters. The molecule has 0 radical (unpaired) electrons. The zero-order valence-electron chi connectivity index (χ0n) is 9.11. The molecule has 2 heterocycles. The average molecular weight is 269 g/mol. The number of thiophene rings is 1. The first kappa shape index (κ1) is 13.7. The molecule has 0 atom stereocenters. The van der Waals surface area contributed by atoms with Crippen molar-refractivity contribution in [2.24, 2.45) is 5.16 Å². The van der Waals surface area contributed by atoms with Crippen LogP contribution in [0.15, 0.2) is 41.8 Å². The highest BCUT2D eigenvalue weighted by atomic mass is 35.5. The van der Waals surface area contributed by atoms with Gasteiger partial charge in [-0.05, 0) is 36.6 Å². The second-order valence-electron chi connectivity index (χ2n) is 3.41. The quantitative estimate of drug-likeness (QED) is 0.526. The van der Waals surface area contributed by atoms with E-state index in [1.165, 1.54) is 16.7 Å². The van der Waals surface area contributed by atoms with E-state index in [9.17, 15) is 0 Å². The van der Waals surface area contributed by atoms with Crippen LogP contribution in [0.1, 0.15) is 15.3 Å². The number of pyridine rings is 1. The molecule has 0 spiro atoms. The molecule has 1 N–H and O–H groups in total. The predicted octanol–water partition coefficient (Wildman–Crippen LogP) is 3.16. The molecule has 0 amide bonds. The van der Waals surface area contributed by atoms with E-state index in [0.29, 0.717) is 0 Å². The monoisotopic (exact) mass is 268 g/mol. The fourth-order valence-electron chi connectivity index (χ4n) is 1.47. The molecule has 0 saturated heterocycles. The van der Waals surface area contributed by atoms with Gasteiger partial charge in [-0.2, -0.15) is 0 Å². The van der Waals surface area contributed by atoms with Crippen molar-refractivity contribution in [3.8, 4) is 0 Å². The fraction of sp³-hybridized carbons (Fsp3) is 0.167. The van der Waals surface area contributed by atoms with Crippen molar-refractivity contribution < 1.29 is 5.21 Å². The maximum absolute atomic E-state index is 8.40. The highest BCUT2D eigenvalue weighted by Crippen LogP contribution is 2.16. The van der Waals surface area contributed by atoms with Crippen molar-refractivity contribution in [3.63, 3.8) is 0 Å². The van der Waals surface area contributed by atoms with Crippen molar-refractivity contribution in [2.75, 3.05) is 0 Å². The lowest BCUT2D eigenvalue weighted by Gasteiger charge is -1.97. The van der Waals surface area contributed by atoms with Crippen LogP contribution >= 0.6 is 23.7 Å². The van der Waals surface area contributed by atoms with Gasteiger partial charge in [0.1, 0.15) is 0 Å². The van der Waals surface area contributed by atoms with Crippen molar-refractivity contribution >= 4 is 30.0 Å². The number of halogens is 1. The highest BCUT2D eigenvalue weighted by Gasteiger charge is 1.99. The second-order valence-corrected chi connectivity index (χ2v) is 4.61. The van der Waals surface area contributed by atoms with Gasteiger partial charge >= 0.3 is 0 Å².